The maximum atomic E-state index is 12.1. The number of ketones is 1. The van der Waals surface area contributed by atoms with Gasteiger partial charge in [0.1, 0.15) is 0 Å². The monoisotopic (exact) mass is 229 g/mol. The van der Waals surface area contributed by atoms with Crippen LogP contribution in [0.25, 0.3) is 0 Å². The number of hydrogen-bond acceptors (Lipinski definition) is 3. The molecule has 1 unspecified atom stereocenters. The molecule has 0 amide bonds. The van der Waals surface area contributed by atoms with Crippen molar-refractivity contribution in [1.29, 1.82) is 0 Å². The van der Waals surface area contributed by atoms with Gasteiger partial charge in [0.15, 0.2) is 5.78 Å². The van der Waals surface area contributed by atoms with Gasteiger partial charge in [0.05, 0.1) is 6.10 Å². The lowest BCUT2D eigenvalue weighted by Crippen LogP contribution is -2.13. The molecule has 3 nitrogen and oxygen atoms in total. The van der Waals surface area contributed by atoms with Crippen molar-refractivity contribution in [2.45, 2.75) is 12.5 Å². The molecule has 0 saturated carbocycles. The summed E-state index contributed by atoms with van der Waals surface area (Å²) in [6, 6.07) is 5.90. The molecule has 17 heavy (non-hydrogen) atoms. The van der Waals surface area contributed by atoms with Gasteiger partial charge >= 0.3 is 0 Å². The molecule has 1 aliphatic rings. The minimum atomic E-state index is -0.0931. The number of ether oxygens (including phenoxy) is 1. The first-order valence-corrected chi connectivity index (χ1v) is 5.43. The Balaban J connectivity index is 2.23. The van der Waals surface area contributed by atoms with Gasteiger partial charge in [-0.3, -0.25) is 4.79 Å². The molecule has 1 atom stereocenters. The van der Waals surface area contributed by atoms with E-state index in [4.69, 9.17) is 4.74 Å². The molecule has 1 aliphatic carbocycles. The van der Waals surface area contributed by atoms with Crippen molar-refractivity contribution in [3.05, 3.63) is 53.6 Å². The second-order valence-electron chi connectivity index (χ2n) is 3.89. The summed E-state index contributed by atoms with van der Waals surface area (Å²) in [5.41, 5.74) is 1.14. The van der Waals surface area contributed by atoms with Crippen LogP contribution in [0.2, 0.25) is 0 Å². The molecule has 1 aromatic carbocycles. The highest BCUT2D eigenvalue weighted by molar-refractivity contribution is 6.10. The van der Waals surface area contributed by atoms with Gasteiger partial charge in [0.2, 0.25) is 0 Å². The normalized spacial score (nSPS) is 18.9. The van der Waals surface area contributed by atoms with Gasteiger partial charge in [-0.2, -0.15) is 0 Å². The van der Waals surface area contributed by atoms with Crippen LogP contribution in [-0.2, 0) is 4.74 Å². The lowest BCUT2D eigenvalue weighted by Gasteiger charge is -2.14. The van der Waals surface area contributed by atoms with E-state index in [-0.39, 0.29) is 17.6 Å². The van der Waals surface area contributed by atoms with Crippen molar-refractivity contribution >= 4 is 5.78 Å². The van der Waals surface area contributed by atoms with Crippen molar-refractivity contribution in [1.82, 2.24) is 0 Å². The zero-order chi connectivity index (χ0) is 12.3. The van der Waals surface area contributed by atoms with E-state index in [1.54, 1.807) is 25.3 Å². The summed E-state index contributed by atoms with van der Waals surface area (Å²) in [4.78, 5) is 12.1. The highest BCUT2D eigenvalue weighted by Crippen LogP contribution is 2.18. The van der Waals surface area contributed by atoms with Gasteiger partial charge in [-0.1, -0.05) is 36.4 Å². The molecule has 1 aromatic rings. The lowest BCUT2D eigenvalue weighted by molar-refractivity contribution is -0.268. The number of Topliss-reactive ketones (excluding diaryl/α,β-unsaturated/α-hetero) is 1. The van der Waals surface area contributed by atoms with E-state index in [9.17, 15) is 9.90 Å². The molecule has 2 rings (SSSR count). The van der Waals surface area contributed by atoms with Crippen LogP contribution in [0.3, 0.4) is 0 Å². The Bertz CT molecular complexity index is 469. The molecular weight excluding hydrogens is 216 g/mol. The molecule has 0 heterocycles. The Kier molecular flexibility index (Phi) is 3.40. The third kappa shape index (κ3) is 2.63. The van der Waals surface area contributed by atoms with Gasteiger partial charge in [0.25, 0.3) is 0 Å². The first-order chi connectivity index (χ1) is 8.20. The van der Waals surface area contributed by atoms with Crippen LogP contribution < -0.4 is 5.11 Å². The molecule has 0 aliphatic heterocycles. The smallest absolute Gasteiger partial charge is 0.192 e. The number of rotatable bonds is 3. The lowest BCUT2D eigenvalue weighted by atomic mass is 9.97. The van der Waals surface area contributed by atoms with Gasteiger partial charge in [-0.25, -0.2) is 0 Å². The van der Waals surface area contributed by atoms with Crippen LogP contribution in [0.15, 0.2) is 48.1 Å². The van der Waals surface area contributed by atoms with E-state index >= 15 is 0 Å². The molecule has 0 saturated heterocycles. The van der Waals surface area contributed by atoms with E-state index in [1.807, 2.05) is 12.2 Å². The average molecular weight is 229 g/mol. The summed E-state index contributed by atoms with van der Waals surface area (Å²) in [5, 5.41) is 11.0. The molecule has 0 spiro atoms. The fourth-order valence-electron chi connectivity index (χ4n) is 1.74. The van der Waals surface area contributed by atoms with Crippen molar-refractivity contribution in [3.63, 3.8) is 0 Å². The summed E-state index contributed by atoms with van der Waals surface area (Å²) in [7, 11) is 1.62. The van der Waals surface area contributed by atoms with E-state index in [1.165, 1.54) is 12.1 Å². The molecule has 3 heteroatoms. The number of carbonyl (C=O) groups is 1. The first kappa shape index (κ1) is 11.6. The predicted molar refractivity (Wildman–Crippen MR) is 62.9 cm³/mol. The third-order valence-electron chi connectivity index (χ3n) is 2.71. The zero-order valence-electron chi connectivity index (χ0n) is 9.55. The van der Waals surface area contributed by atoms with E-state index < -0.39 is 0 Å². The third-order valence-corrected chi connectivity index (χ3v) is 2.71. The minimum absolute atomic E-state index is 0.0438. The van der Waals surface area contributed by atoms with Crippen LogP contribution >= 0.6 is 0 Å². The zero-order valence-corrected chi connectivity index (χ0v) is 9.55. The first-order valence-electron chi connectivity index (χ1n) is 5.43. The Hall–Kier alpha value is -1.87. The van der Waals surface area contributed by atoms with Crippen LogP contribution in [0.4, 0.5) is 0 Å². The Morgan fingerprint density at radius 1 is 1.35 bits per heavy atom. The van der Waals surface area contributed by atoms with Crippen LogP contribution in [0, 0.1) is 0 Å². The van der Waals surface area contributed by atoms with Gasteiger partial charge in [-0.15, -0.1) is 5.75 Å². The number of carbonyl (C=O) groups excluding carboxylic acids is 1. The van der Waals surface area contributed by atoms with E-state index in [0.717, 1.165) is 6.42 Å². The minimum Gasteiger partial charge on any atom is -0.872 e. The quantitative estimate of drug-likeness (QED) is 0.743. The van der Waals surface area contributed by atoms with E-state index in [0.29, 0.717) is 11.1 Å². The van der Waals surface area contributed by atoms with Gasteiger partial charge in [-0.05, 0) is 12.5 Å². The predicted octanol–water partition coefficient (Wildman–Crippen LogP) is 1.84. The Morgan fingerprint density at radius 3 is 2.71 bits per heavy atom. The largest absolute Gasteiger partial charge is 0.872 e. The topological polar surface area (TPSA) is 49.4 Å². The van der Waals surface area contributed by atoms with Crippen LogP contribution in [-0.4, -0.2) is 19.0 Å². The number of hydrogen-bond donors (Lipinski definition) is 0. The summed E-state index contributed by atoms with van der Waals surface area (Å²) < 4.78 is 5.20. The van der Waals surface area contributed by atoms with Crippen molar-refractivity contribution in [3.8, 4) is 5.75 Å². The molecule has 0 bridgehead atoms. The molecule has 0 radical (unpaired) electrons. The number of methoxy groups -OCH3 is 1. The standard InChI is InChI=1S/C14H14O3/c1-17-13-4-2-3-11(9-13)14(16)10-5-7-12(15)8-6-10/h2-3,5-9,13,15H,4H2,1H3/p-1. The SMILES string of the molecule is COC1C=C(C(=O)c2ccc([O-])cc2)C=CC1. The molecule has 0 fully saturated rings. The Labute approximate surface area is 100 Å². The second kappa shape index (κ2) is 4.97. The molecular formula is C14H13O3-. The fourth-order valence-corrected chi connectivity index (χ4v) is 1.74. The van der Waals surface area contributed by atoms with Gasteiger partial charge in [0, 0.05) is 18.2 Å². The maximum absolute atomic E-state index is 12.1. The number of allylic oxidation sites excluding steroid dienone is 2. The fraction of sp³-hybridized carbons (Fsp3) is 0.214. The highest BCUT2D eigenvalue weighted by atomic mass is 16.5. The number of benzene rings is 1. The second-order valence-corrected chi connectivity index (χ2v) is 3.89. The summed E-state index contributed by atoms with van der Waals surface area (Å²) in [6.07, 6.45) is 6.27. The van der Waals surface area contributed by atoms with E-state index in [2.05, 4.69) is 0 Å². The Morgan fingerprint density at radius 2 is 2.06 bits per heavy atom. The van der Waals surface area contributed by atoms with Crippen molar-refractivity contribution in [2.24, 2.45) is 0 Å². The van der Waals surface area contributed by atoms with Crippen LogP contribution in [0.5, 0.6) is 5.75 Å². The highest BCUT2D eigenvalue weighted by Gasteiger charge is 2.15. The van der Waals surface area contributed by atoms with Gasteiger partial charge < -0.3 is 9.84 Å². The average Bonchev–Trinajstić information content (AvgIpc) is 2.39. The summed E-state index contributed by atoms with van der Waals surface area (Å²) >= 11 is 0. The molecule has 0 N–H and O–H groups in total. The maximum Gasteiger partial charge on any atom is 0.192 e. The summed E-state index contributed by atoms with van der Waals surface area (Å²) in [6.45, 7) is 0. The summed E-state index contributed by atoms with van der Waals surface area (Å²) in [5.74, 6) is -0.174. The van der Waals surface area contributed by atoms with Crippen LogP contribution in [0.1, 0.15) is 16.8 Å². The van der Waals surface area contributed by atoms with Crippen molar-refractivity contribution in [2.75, 3.05) is 7.11 Å². The molecule has 88 valence electrons. The molecule has 0 aromatic heterocycles. The van der Waals surface area contributed by atoms with Crippen molar-refractivity contribution < 1.29 is 14.6 Å².